The lowest BCUT2D eigenvalue weighted by atomic mass is 9.95. The largest absolute Gasteiger partial charge is 0.390 e. The van der Waals surface area contributed by atoms with E-state index in [2.05, 4.69) is 19.2 Å². The van der Waals surface area contributed by atoms with Crippen LogP contribution in [0.4, 0.5) is 0 Å². The second-order valence-electron chi connectivity index (χ2n) is 4.72. The molecule has 0 saturated heterocycles. The standard InChI is InChI=1S/C12H25NO2/c1-10(2)13-8-5-9-15-12-7-4-3-6-11(12)14/h10-14H,3-9H2,1-2H3. The number of hydrogen-bond acceptors (Lipinski definition) is 3. The molecule has 0 aromatic heterocycles. The van der Waals surface area contributed by atoms with Crippen LogP contribution in [0.5, 0.6) is 0 Å². The molecule has 0 radical (unpaired) electrons. The van der Waals surface area contributed by atoms with Crippen LogP contribution in [-0.2, 0) is 4.74 Å². The average Bonchev–Trinajstić information content (AvgIpc) is 2.20. The van der Waals surface area contributed by atoms with Gasteiger partial charge in [-0.25, -0.2) is 0 Å². The molecule has 1 saturated carbocycles. The minimum Gasteiger partial charge on any atom is -0.390 e. The van der Waals surface area contributed by atoms with Crippen molar-refractivity contribution in [2.45, 2.75) is 64.2 Å². The third-order valence-corrected chi connectivity index (χ3v) is 2.87. The predicted molar refractivity (Wildman–Crippen MR) is 62.0 cm³/mol. The van der Waals surface area contributed by atoms with Gasteiger partial charge in [-0.1, -0.05) is 26.7 Å². The van der Waals surface area contributed by atoms with Gasteiger partial charge in [0.1, 0.15) is 0 Å². The van der Waals surface area contributed by atoms with E-state index in [0.29, 0.717) is 6.04 Å². The van der Waals surface area contributed by atoms with E-state index < -0.39 is 0 Å². The maximum absolute atomic E-state index is 9.67. The zero-order valence-corrected chi connectivity index (χ0v) is 10.0. The van der Waals surface area contributed by atoms with Crippen LogP contribution in [0.1, 0.15) is 46.0 Å². The first kappa shape index (κ1) is 12.9. The van der Waals surface area contributed by atoms with Crippen molar-refractivity contribution in [1.82, 2.24) is 5.32 Å². The van der Waals surface area contributed by atoms with E-state index in [-0.39, 0.29) is 12.2 Å². The number of ether oxygens (including phenoxy) is 1. The van der Waals surface area contributed by atoms with Crippen LogP contribution in [0.15, 0.2) is 0 Å². The van der Waals surface area contributed by atoms with Gasteiger partial charge in [-0.05, 0) is 25.8 Å². The molecule has 1 aliphatic carbocycles. The van der Waals surface area contributed by atoms with Crippen LogP contribution in [0.3, 0.4) is 0 Å². The van der Waals surface area contributed by atoms with E-state index in [1.807, 2.05) is 0 Å². The molecule has 0 aromatic carbocycles. The van der Waals surface area contributed by atoms with Crippen LogP contribution in [0, 0.1) is 0 Å². The first-order valence-corrected chi connectivity index (χ1v) is 6.23. The molecule has 0 aromatic rings. The van der Waals surface area contributed by atoms with Crippen LogP contribution in [-0.4, -0.2) is 36.5 Å². The van der Waals surface area contributed by atoms with E-state index in [9.17, 15) is 5.11 Å². The van der Waals surface area contributed by atoms with Crippen molar-refractivity contribution in [3.63, 3.8) is 0 Å². The van der Waals surface area contributed by atoms with Gasteiger partial charge in [-0.3, -0.25) is 0 Å². The van der Waals surface area contributed by atoms with Crippen molar-refractivity contribution in [3.05, 3.63) is 0 Å². The molecule has 1 aliphatic rings. The number of aliphatic hydroxyl groups is 1. The smallest absolute Gasteiger partial charge is 0.0833 e. The van der Waals surface area contributed by atoms with Gasteiger partial charge < -0.3 is 15.2 Å². The lowest BCUT2D eigenvalue weighted by molar-refractivity contribution is -0.0590. The van der Waals surface area contributed by atoms with E-state index in [0.717, 1.165) is 38.8 Å². The van der Waals surface area contributed by atoms with E-state index >= 15 is 0 Å². The third kappa shape index (κ3) is 5.50. The summed E-state index contributed by atoms with van der Waals surface area (Å²) in [7, 11) is 0. The fourth-order valence-electron chi connectivity index (χ4n) is 1.97. The molecule has 2 N–H and O–H groups in total. The quantitative estimate of drug-likeness (QED) is 0.663. The Bertz CT molecular complexity index is 162. The number of rotatable bonds is 6. The topological polar surface area (TPSA) is 41.5 Å². The molecule has 3 nitrogen and oxygen atoms in total. The predicted octanol–water partition coefficient (Wildman–Crippen LogP) is 1.69. The molecule has 0 heterocycles. The Morgan fingerprint density at radius 1 is 1.33 bits per heavy atom. The lowest BCUT2D eigenvalue weighted by Gasteiger charge is -2.27. The van der Waals surface area contributed by atoms with Gasteiger partial charge in [0.05, 0.1) is 12.2 Å². The van der Waals surface area contributed by atoms with Crippen molar-refractivity contribution in [2.75, 3.05) is 13.2 Å². The van der Waals surface area contributed by atoms with Crippen LogP contribution >= 0.6 is 0 Å². The first-order chi connectivity index (χ1) is 7.20. The fraction of sp³-hybridized carbons (Fsp3) is 1.00. The molecule has 0 spiro atoms. The van der Waals surface area contributed by atoms with Gasteiger partial charge in [0, 0.05) is 12.6 Å². The van der Waals surface area contributed by atoms with Gasteiger partial charge >= 0.3 is 0 Å². The molecule has 2 unspecified atom stereocenters. The van der Waals surface area contributed by atoms with Gasteiger partial charge in [0.15, 0.2) is 0 Å². The van der Waals surface area contributed by atoms with Crippen molar-refractivity contribution >= 4 is 0 Å². The molecule has 90 valence electrons. The Hall–Kier alpha value is -0.120. The SMILES string of the molecule is CC(C)NCCCOC1CCCCC1O. The van der Waals surface area contributed by atoms with Crippen LogP contribution in [0.2, 0.25) is 0 Å². The molecular weight excluding hydrogens is 190 g/mol. The molecule has 0 bridgehead atoms. The van der Waals surface area contributed by atoms with Crippen LogP contribution < -0.4 is 5.32 Å². The molecular formula is C12H25NO2. The zero-order valence-electron chi connectivity index (χ0n) is 10.0. The number of aliphatic hydroxyl groups excluding tert-OH is 1. The Morgan fingerprint density at radius 2 is 2.07 bits per heavy atom. The van der Waals surface area contributed by atoms with E-state index in [1.165, 1.54) is 6.42 Å². The summed E-state index contributed by atoms with van der Waals surface area (Å²) in [6.07, 6.45) is 5.19. The highest BCUT2D eigenvalue weighted by molar-refractivity contribution is 4.74. The zero-order chi connectivity index (χ0) is 11.1. The highest BCUT2D eigenvalue weighted by atomic mass is 16.5. The summed E-state index contributed by atoms with van der Waals surface area (Å²) < 4.78 is 5.69. The van der Waals surface area contributed by atoms with Gasteiger partial charge in [-0.15, -0.1) is 0 Å². The fourth-order valence-corrected chi connectivity index (χ4v) is 1.97. The normalized spacial score (nSPS) is 27.2. The average molecular weight is 215 g/mol. The summed E-state index contributed by atoms with van der Waals surface area (Å²) in [4.78, 5) is 0. The summed E-state index contributed by atoms with van der Waals surface area (Å²) in [5, 5.41) is 13.0. The van der Waals surface area contributed by atoms with Crippen molar-refractivity contribution in [1.29, 1.82) is 0 Å². The molecule has 1 rings (SSSR count). The van der Waals surface area contributed by atoms with E-state index in [4.69, 9.17) is 4.74 Å². The second kappa shape index (κ2) is 7.20. The summed E-state index contributed by atoms with van der Waals surface area (Å²) in [6.45, 7) is 6.05. The molecule has 15 heavy (non-hydrogen) atoms. The summed E-state index contributed by atoms with van der Waals surface area (Å²) in [6, 6.07) is 0.547. The summed E-state index contributed by atoms with van der Waals surface area (Å²) >= 11 is 0. The number of nitrogens with one attached hydrogen (secondary N) is 1. The minimum absolute atomic E-state index is 0.0952. The van der Waals surface area contributed by atoms with Crippen LogP contribution in [0.25, 0.3) is 0 Å². The minimum atomic E-state index is -0.225. The molecule has 1 fully saturated rings. The van der Waals surface area contributed by atoms with Gasteiger partial charge in [0.25, 0.3) is 0 Å². The Kier molecular flexibility index (Phi) is 6.22. The van der Waals surface area contributed by atoms with Gasteiger partial charge in [0.2, 0.25) is 0 Å². The Labute approximate surface area is 93.2 Å². The second-order valence-corrected chi connectivity index (χ2v) is 4.72. The summed E-state index contributed by atoms with van der Waals surface area (Å²) in [5.74, 6) is 0. The monoisotopic (exact) mass is 215 g/mol. The molecule has 0 aliphatic heterocycles. The Balaban J connectivity index is 1.99. The highest BCUT2D eigenvalue weighted by Gasteiger charge is 2.22. The molecule has 2 atom stereocenters. The maximum Gasteiger partial charge on any atom is 0.0833 e. The van der Waals surface area contributed by atoms with E-state index in [1.54, 1.807) is 0 Å². The lowest BCUT2D eigenvalue weighted by Crippen LogP contribution is -2.33. The van der Waals surface area contributed by atoms with Crippen molar-refractivity contribution in [2.24, 2.45) is 0 Å². The van der Waals surface area contributed by atoms with Crippen molar-refractivity contribution < 1.29 is 9.84 Å². The summed E-state index contributed by atoms with van der Waals surface area (Å²) in [5.41, 5.74) is 0. The van der Waals surface area contributed by atoms with Crippen molar-refractivity contribution in [3.8, 4) is 0 Å². The highest BCUT2D eigenvalue weighted by Crippen LogP contribution is 2.20. The maximum atomic E-state index is 9.67. The molecule has 3 heteroatoms. The third-order valence-electron chi connectivity index (χ3n) is 2.87. The molecule has 0 amide bonds. The number of hydrogen-bond donors (Lipinski definition) is 2. The van der Waals surface area contributed by atoms with Gasteiger partial charge in [-0.2, -0.15) is 0 Å². The Morgan fingerprint density at radius 3 is 2.73 bits per heavy atom. The first-order valence-electron chi connectivity index (χ1n) is 6.23.